The molecule has 0 aromatic heterocycles. The van der Waals surface area contributed by atoms with Crippen molar-refractivity contribution in [2.45, 2.75) is 37.8 Å². The van der Waals surface area contributed by atoms with Crippen molar-refractivity contribution in [2.24, 2.45) is 0 Å². The first-order valence-corrected chi connectivity index (χ1v) is 12.4. The predicted octanol–water partition coefficient (Wildman–Crippen LogP) is 1.69. The minimum Gasteiger partial charge on any atom is -0.496 e. The number of nitrogens with one attached hydrogen (secondary N) is 1. The second-order valence-electron chi connectivity index (χ2n) is 9.16. The van der Waals surface area contributed by atoms with Crippen LogP contribution in [0.4, 0.5) is 5.69 Å². The lowest BCUT2D eigenvalue weighted by molar-refractivity contribution is -0.131. The number of rotatable bonds is 8. The van der Waals surface area contributed by atoms with Crippen LogP contribution in [0.2, 0.25) is 5.02 Å². The molecule has 3 N–H and O–H groups in total. The van der Waals surface area contributed by atoms with Crippen LogP contribution in [0.1, 0.15) is 36.0 Å². The number of likely N-dealkylation sites (N-methyl/N-ethyl adjacent to an activating group) is 1. The van der Waals surface area contributed by atoms with E-state index in [0.717, 1.165) is 58.5 Å². The fraction of sp³-hybridized carbons (Fsp3) is 0.667. The highest BCUT2D eigenvalue weighted by molar-refractivity contribution is 6.33. The molecule has 2 heterocycles. The quantitative estimate of drug-likeness (QED) is 0.529. The van der Waals surface area contributed by atoms with Gasteiger partial charge in [0.2, 0.25) is 5.91 Å². The zero-order chi connectivity index (χ0) is 24.7. The number of nitrogens with two attached hydrogens (primary N) is 1. The molecule has 3 rings (SSSR count). The second kappa shape index (κ2) is 12.6. The first-order valence-electron chi connectivity index (χ1n) is 12.0. The van der Waals surface area contributed by atoms with Crippen molar-refractivity contribution >= 4 is 29.1 Å². The molecule has 2 aliphatic rings. The lowest BCUT2D eigenvalue weighted by Gasteiger charge is -2.38. The number of benzene rings is 1. The lowest BCUT2D eigenvalue weighted by Crippen LogP contribution is -2.55. The molecule has 34 heavy (non-hydrogen) atoms. The van der Waals surface area contributed by atoms with E-state index < -0.39 is 0 Å². The molecule has 2 aliphatic heterocycles. The maximum Gasteiger partial charge on any atom is 0.255 e. The monoisotopic (exact) mass is 495 g/mol. The summed E-state index contributed by atoms with van der Waals surface area (Å²) in [4.78, 5) is 32.1. The van der Waals surface area contributed by atoms with Crippen LogP contribution in [-0.2, 0) is 9.53 Å². The zero-order valence-corrected chi connectivity index (χ0v) is 21.3. The van der Waals surface area contributed by atoms with E-state index in [1.54, 1.807) is 13.2 Å². The topological polar surface area (TPSA) is 100 Å². The molecule has 2 saturated heterocycles. The number of amides is 2. The number of nitrogens with zero attached hydrogens (tertiary/aromatic N) is 3. The number of carbonyl (C=O) groups excluding carboxylic acids is 2. The molecule has 2 atom stereocenters. The average molecular weight is 496 g/mol. The van der Waals surface area contributed by atoms with Crippen LogP contribution in [0.3, 0.4) is 0 Å². The first kappa shape index (κ1) is 26.5. The molecule has 0 spiro atoms. The summed E-state index contributed by atoms with van der Waals surface area (Å²) >= 11 is 6.12. The Bertz CT molecular complexity index is 855. The summed E-state index contributed by atoms with van der Waals surface area (Å²) in [5.74, 6) is 0.358. The summed E-state index contributed by atoms with van der Waals surface area (Å²) in [6.07, 6.45) is 3.02. The maximum absolute atomic E-state index is 12.9. The number of nitrogen functional groups attached to an aromatic ring is 1. The van der Waals surface area contributed by atoms with Crippen molar-refractivity contribution in [1.29, 1.82) is 0 Å². The van der Waals surface area contributed by atoms with E-state index in [1.165, 1.54) is 13.2 Å². The van der Waals surface area contributed by atoms with Gasteiger partial charge in [0.1, 0.15) is 5.75 Å². The predicted molar refractivity (Wildman–Crippen MR) is 133 cm³/mol. The molecule has 0 aliphatic carbocycles. The highest BCUT2D eigenvalue weighted by atomic mass is 35.5. The Morgan fingerprint density at radius 1 is 1.18 bits per heavy atom. The number of carbonyl (C=O) groups is 2. The number of piperidine rings is 1. The molecule has 190 valence electrons. The van der Waals surface area contributed by atoms with Gasteiger partial charge in [-0.1, -0.05) is 11.6 Å². The van der Waals surface area contributed by atoms with Crippen LogP contribution in [-0.4, -0.2) is 106 Å². The largest absolute Gasteiger partial charge is 0.496 e. The summed E-state index contributed by atoms with van der Waals surface area (Å²) in [5.41, 5.74) is 6.53. The van der Waals surface area contributed by atoms with Gasteiger partial charge in [-0.25, -0.2) is 0 Å². The Kier molecular flexibility index (Phi) is 9.82. The van der Waals surface area contributed by atoms with Gasteiger partial charge in [-0.3, -0.25) is 9.59 Å². The summed E-state index contributed by atoms with van der Waals surface area (Å²) in [6, 6.07) is 2.95. The van der Waals surface area contributed by atoms with Crippen molar-refractivity contribution < 1.29 is 19.1 Å². The fourth-order valence-corrected chi connectivity index (χ4v) is 4.82. The molecule has 10 heteroatoms. The van der Waals surface area contributed by atoms with Gasteiger partial charge in [-0.05, 0) is 45.5 Å². The van der Waals surface area contributed by atoms with Crippen molar-refractivity contribution in [3.63, 3.8) is 0 Å². The van der Waals surface area contributed by atoms with E-state index in [2.05, 4.69) is 22.2 Å². The van der Waals surface area contributed by atoms with E-state index in [0.29, 0.717) is 35.0 Å². The van der Waals surface area contributed by atoms with Gasteiger partial charge >= 0.3 is 0 Å². The number of methoxy groups -OCH3 is 2. The Balaban J connectivity index is 1.48. The molecule has 2 fully saturated rings. The highest BCUT2D eigenvalue weighted by Gasteiger charge is 2.31. The Morgan fingerprint density at radius 3 is 2.71 bits per heavy atom. The number of anilines is 1. The second-order valence-corrected chi connectivity index (χ2v) is 9.57. The van der Waals surface area contributed by atoms with E-state index >= 15 is 0 Å². The third kappa shape index (κ3) is 6.97. The SMILES string of the molecule is COc1cc(N)c(Cl)cc1C(=O)NC1CCN(CCCC(=O)N2CCCN(C)CC2)CC1OC. The molecule has 1 aromatic carbocycles. The van der Waals surface area contributed by atoms with Crippen molar-refractivity contribution in [2.75, 3.05) is 72.8 Å². The molecule has 0 bridgehead atoms. The maximum atomic E-state index is 12.9. The van der Waals surface area contributed by atoms with E-state index in [-0.39, 0.29) is 24.0 Å². The van der Waals surface area contributed by atoms with Crippen LogP contribution in [0.15, 0.2) is 12.1 Å². The van der Waals surface area contributed by atoms with E-state index in [4.69, 9.17) is 26.8 Å². The van der Waals surface area contributed by atoms with Crippen LogP contribution in [0.25, 0.3) is 0 Å². The third-order valence-corrected chi connectivity index (χ3v) is 7.09. The van der Waals surface area contributed by atoms with Gasteiger partial charge in [-0.15, -0.1) is 0 Å². The summed E-state index contributed by atoms with van der Waals surface area (Å²) in [5, 5.41) is 3.38. The van der Waals surface area contributed by atoms with Gasteiger partial charge in [0.15, 0.2) is 0 Å². The molecule has 9 nitrogen and oxygen atoms in total. The van der Waals surface area contributed by atoms with Gasteiger partial charge in [0.05, 0.1) is 35.5 Å². The summed E-state index contributed by atoms with van der Waals surface area (Å²) in [6.45, 7) is 6.01. The number of ether oxygens (including phenoxy) is 2. The van der Waals surface area contributed by atoms with Crippen LogP contribution in [0, 0.1) is 0 Å². The van der Waals surface area contributed by atoms with Crippen molar-refractivity contribution in [1.82, 2.24) is 20.0 Å². The van der Waals surface area contributed by atoms with Gasteiger partial charge in [0.25, 0.3) is 5.91 Å². The van der Waals surface area contributed by atoms with Crippen LogP contribution in [0.5, 0.6) is 5.75 Å². The number of hydrogen-bond acceptors (Lipinski definition) is 7. The number of halogens is 1. The standard InChI is InChI=1S/C24H38ClN5O4/c1-28-8-5-10-30(13-12-28)23(31)6-4-9-29-11-7-20(22(16-29)34-3)27-24(32)17-14-18(25)19(26)15-21(17)33-2/h14-15,20,22H,4-13,16,26H2,1-3H3,(H,27,32). The van der Waals surface area contributed by atoms with Crippen LogP contribution >= 0.6 is 11.6 Å². The third-order valence-electron chi connectivity index (χ3n) is 6.76. The molecular weight excluding hydrogens is 458 g/mol. The van der Waals surface area contributed by atoms with Gasteiger partial charge in [-0.2, -0.15) is 0 Å². The number of hydrogen-bond donors (Lipinski definition) is 2. The molecular formula is C24H38ClN5O4. The van der Waals surface area contributed by atoms with E-state index in [1.807, 2.05) is 4.90 Å². The first-order chi connectivity index (χ1) is 16.3. The highest BCUT2D eigenvalue weighted by Crippen LogP contribution is 2.29. The average Bonchev–Trinajstić information content (AvgIpc) is 3.05. The summed E-state index contributed by atoms with van der Waals surface area (Å²) in [7, 11) is 5.26. The van der Waals surface area contributed by atoms with E-state index in [9.17, 15) is 9.59 Å². The Morgan fingerprint density at radius 2 is 1.97 bits per heavy atom. The van der Waals surface area contributed by atoms with Crippen molar-refractivity contribution in [3.8, 4) is 5.75 Å². The zero-order valence-electron chi connectivity index (χ0n) is 20.5. The minimum atomic E-state index is -0.270. The smallest absolute Gasteiger partial charge is 0.255 e. The minimum absolute atomic E-state index is 0.134. The van der Waals surface area contributed by atoms with Crippen molar-refractivity contribution in [3.05, 3.63) is 22.7 Å². The molecule has 2 unspecified atom stereocenters. The molecule has 0 saturated carbocycles. The normalized spacial score (nSPS) is 22.3. The number of likely N-dealkylation sites (tertiary alicyclic amines) is 1. The van der Waals surface area contributed by atoms with Gasteiger partial charge in [0, 0.05) is 52.3 Å². The summed E-state index contributed by atoms with van der Waals surface area (Å²) < 4.78 is 11.0. The Hall–Kier alpha value is -2.07. The van der Waals surface area contributed by atoms with Gasteiger partial charge < -0.3 is 35.2 Å². The molecule has 2 amide bonds. The lowest BCUT2D eigenvalue weighted by atomic mass is 10.0. The Labute approximate surface area is 207 Å². The van der Waals surface area contributed by atoms with Crippen LogP contribution < -0.4 is 15.8 Å². The molecule has 1 aromatic rings. The fourth-order valence-electron chi connectivity index (χ4n) is 4.66. The molecule has 0 radical (unpaired) electrons.